The molecule has 5 nitrogen and oxygen atoms in total. The lowest BCUT2D eigenvalue weighted by Gasteiger charge is -2.13. The Morgan fingerprint density at radius 2 is 2.07 bits per heavy atom. The average Bonchev–Trinajstić information content (AvgIpc) is 2.98. The van der Waals surface area contributed by atoms with Crippen LogP contribution in [0.25, 0.3) is 22.0 Å². The Bertz CT molecular complexity index is 1060. The summed E-state index contributed by atoms with van der Waals surface area (Å²) in [5.74, 6) is 0.103. The predicted octanol–water partition coefficient (Wildman–Crippen LogP) is 4.00. The van der Waals surface area contributed by atoms with Crippen molar-refractivity contribution in [3.8, 4) is 16.9 Å². The molecule has 27 heavy (non-hydrogen) atoms. The van der Waals surface area contributed by atoms with Crippen LogP contribution >= 0.6 is 0 Å². The first-order valence-electron chi connectivity index (χ1n) is 8.89. The Kier molecular flexibility index (Phi) is 4.18. The number of nitrogens with zero attached hydrogens (tertiary/aromatic N) is 2. The predicted molar refractivity (Wildman–Crippen MR) is 103 cm³/mol. The minimum atomic E-state index is -0.368. The number of nitrogen functional groups attached to an aromatic ring is 1. The maximum Gasteiger partial charge on any atom is 0.258 e. The summed E-state index contributed by atoms with van der Waals surface area (Å²) in [6, 6.07) is 10.0. The van der Waals surface area contributed by atoms with Crippen LogP contribution in [0.1, 0.15) is 29.4 Å². The highest BCUT2D eigenvalue weighted by Gasteiger charge is 2.32. The first kappa shape index (κ1) is 17.3. The number of para-hydroxylation sites is 1. The minimum Gasteiger partial charge on any atom is -0.497 e. The van der Waals surface area contributed by atoms with Crippen LogP contribution in [0.15, 0.2) is 36.4 Å². The van der Waals surface area contributed by atoms with Gasteiger partial charge < -0.3 is 15.4 Å². The highest BCUT2D eigenvalue weighted by Crippen LogP contribution is 2.38. The molecule has 1 aliphatic rings. The summed E-state index contributed by atoms with van der Waals surface area (Å²) in [6.45, 7) is 3.10. The summed E-state index contributed by atoms with van der Waals surface area (Å²) >= 11 is 0. The summed E-state index contributed by atoms with van der Waals surface area (Å²) in [7, 11) is 1.54. The number of hydrogen-bond donors (Lipinski definition) is 1. The highest BCUT2D eigenvalue weighted by atomic mass is 19.1. The van der Waals surface area contributed by atoms with Gasteiger partial charge in [0.25, 0.3) is 5.91 Å². The number of methoxy groups -OCH3 is 1. The molecule has 2 aromatic carbocycles. The molecule has 1 aliphatic heterocycles. The van der Waals surface area contributed by atoms with E-state index in [4.69, 9.17) is 15.5 Å². The van der Waals surface area contributed by atoms with Crippen LogP contribution in [0.3, 0.4) is 0 Å². The van der Waals surface area contributed by atoms with Crippen molar-refractivity contribution in [2.24, 2.45) is 0 Å². The molecule has 0 spiro atoms. The molecular weight excluding hydrogens is 345 g/mol. The van der Waals surface area contributed by atoms with Crippen molar-refractivity contribution in [3.63, 3.8) is 0 Å². The molecule has 0 radical (unpaired) electrons. The average molecular weight is 365 g/mol. The van der Waals surface area contributed by atoms with Gasteiger partial charge >= 0.3 is 0 Å². The number of rotatable bonds is 4. The van der Waals surface area contributed by atoms with Crippen molar-refractivity contribution in [1.29, 1.82) is 0 Å². The zero-order chi connectivity index (χ0) is 19.1. The molecule has 0 fully saturated rings. The SMILES string of the molecule is CCCN1Cc2nc3c(-c4cc(OC)ccc4F)cccc3c(N)c2C1=O. The van der Waals surface area contributed by atoms with E-state index in [1.54, 1.807) is 29.2 Å². The van der Waals surface area contributed by atoms with E-state index in [0.717, 1.165) is 6.42 Å². The van der Waals surface area contributed by atoms with Gasteiger partial charge in [0.2, 0.25) is 0 Å². The number of fused-ring (bicyclic) bond motifs is 2. The summed E-state index contributed by atoms with van der Waals surface area (Å²) < 4.78 is 19.8. The minimum absolute atomic E-state index is 0.0864. The van der Waals surface area contributed by atoms with E-state index < -0.39 is 0 Å². The number of carbonyl (C=O) groups excluding carboxylic acids is 1. The highest BCUT2D eigenvalue weighted by molar-refractivity contribution is 6.11. The van der Waals surface area contributed by atoms with Crippen LogP contribution in [0.2, 0.25) is 0 Å². The Morgan fingerprint density at radius 3 is 2.81 bits per heavy atom. The number of benzene rings is 2. The van der Waals surface area contributed by atoms with E-state index in [0.29, 0.717) is 57.8 Å². The maximum absolute atomic E-state index is 14.5. The Hall–Kier alpha value is -3.15. The summed E-state index contributed by atoms with van der Waals surface area (Å²) in [4.78, 5) is 19.1. The van der Waals surface area contributed by atoms with Crippen LogP contribution in [0.4, 0.5) is 10.1 Å². The first-order valence-corrected chi connectivity index (χ1v) is 8.89. The lowest BCUT2D eigenvalue weighted by atomic mass is 9.98. The number of carbonyl (C=O) groups is 1. The van der Waals surface area contributed by atoms with Crippen LogP contribution in [-0.2, 0) is 6.54 Å². The lowest BCUT2D eigenvalue weighted by molar-refractivity contribution is 0.0779. The van der Waals surface area contributed by atoms with E-state index in [1.807, 2.05) is 13.0 Å². The summed E-state index contributed by atoms with van der Waals surface area (Å²) in [6.07, 6.45) is 0.861. The molecule has 0 atom stereocenters. The quantitative estimate of drug-likeness (QED) is 0.759. The van der Waals surface area contributed by atoms with Gasteiger partial charge in [0.15, 0.2) is 0 Å². The molecule has 4 rings (SSSR count). The van der Waals surface area contributed by atoms with Gasteiger partial charge in [0.1, 0.15) is 11.6 Å². The van der Waals surface area contributed by atoms with E-state index in [-0.39, 0.29) is 11.7 Å². The number of halogens is 1. The fourth-order valence-corrected chi connectivity index (χ4v) is 3.63. The van der Waals surface area contributed by atoms with Gasteiger partial charge in [0, 0.05) is 23.1 Å². The summed E-state index contributed by atoms with van der Waals surface area (Å²) in [5, 5.41) is 0.653. The van der Waals surface area contributed by atoms with Crippen molar-refractivity contribution >= 4 is 22.5 Å². The standard InChI is InChI=1S/C21H20FN3O2/c1-3-9-25-11-17-18(21(25)26)19(23)14-6-4-5-13(20(14)24-17)15-10-12(27-2)7-8-16(15)22/h4-8,10H,3,9,11H2,1-2H3,(H2,23,24). The fourth-order valence-electron chi connectivity index (χ4n) is 3.63. The zero-order valence-electron chi connectivity index (χ0n) is 15.3. The topological polar surface area (TPSA) is 68.5 Å². The molecule has 2 N–H and O–H groups in total. The largest absolute Gasteiger partial charge is 0.497 e. The van der Waals surface area contributed by atoms with Gasteiger partial charge in [-0.05, 0) is 24.6 Å². The normalized spacial score (nSPS) is 13.3. The molecule has 2 heterocycles. The van der Waals surface area contributed by atoms with Crippen LogP contribution in [0.5, 0.6) is 5.75 Å². The Balaban J connectivity index is 1.95. The van der Waals surface area contributed by atoms with Crippen LogP contribution in [0, 0.1) is 5.82 Å². The van der Waals surface area contributed by atoms with E-state index in [2.05, 4.69) is 0 Å². The molecule has 0 unspecified atom stereocenters. The number of hydrogen-bond acceptors (Lipinski definition) is 4. The van der Waals surface area contributed by atoms with Crippen LogP contribution < -0.4 is 10.5 Å². The molecule has 1 amide bonds. The van der Waals surface area contributed by atoms with Crippen molar-refractivity contribution < 1.29 is 13.9 Å². The molecule has 0 saturated carbocycles. The van der Waals surface area contributed by atoms with Crippen molar-refractivity contribution in [2.75, 3.05) is 19.4 Å². The molecule has 3 aromatic rings. The lowest BCUT2D eigenvalue weighted by Crippen LogP contribution is -2.24. The number of anilines is 1. The molecular formula is C21H20FN3O2. The van der Waals surface area contributed by atoms with E-state index in [1.165, 1.54) is 13.2 Å². The summed E-state index contributed by atoms with van der Waals surface area (Å²) in [5.41, 5.74) is 9.48. The van der Waals surface area contributed by atoms with Gasteiger partial charge in [-0.25, -0.2) is 9.37 Å². The monoisotopic (exact) mass is 365 g/mol. The third-order valence-electron chi connectivity index (χ3n) is 4.93. The third kappa shape index (κ3) is 2.68. The van der Waals surface area contributed by atoms with Gasteiger partial charge in [-0.15, -0.1) is 0 Å². The smallest absolute Gasteiger partial charge is 0.258 e. The zero-order valence-corrected chi connectivity index (χ0v) is 15.3. The number of ether oxygens (including phenoxy) is 1. The van der Waals surface area contributed by atoms with Crippen molar-refractivity contribution in [3.05, 3.63) is 53.5 Å². The number of pyridine rings is 1. The van der Waals surface area contributed by atoms with Crippen molar-refractivity contribution in [2.45, 2.75) is 19.9 Å². The first-order chi connectivity index (χ1) is 13.0. The Morgan fingerprint density at radius 1 is 1.26 bits per heavy atom. The Labute approximate surface area is 156 Å². The molecule has 1 aromatic heterocycles. The number of amides is 1. The van der Waals surface area contributed by atoms with Crippen LogP contribution in [-0.4, -0.2) is 29.4 Å². The van der Waals surface area contributed by atoms with Gasteiger partial charge in [-0.2, -0.15) is 0 Å². The van der Waals surface area contributed by atoms with Crippen molar-refractivity contribution in [1.82, 2.24) is 9.88 Å². The maximum atomic E-state index is 14.5. The number of aromatic nitrogens is 1. The fraction of sp³-hybridized carbons (Fsp3) is 0.238. The van der Waals surface area contributed by atoms with E-state index in [9.17, 15) is 9.18 Å². The molecule has 0 bridgehead atoms. The molecule has 0 saturated heterocycles. The molecule has 138 valence electrons. The molecule has 6 heteroatoms. The second-order valence-corrected chi connectivity index (χ2v) is 6.62. The van der Waals surface area contributed by atoms with Gasteiger partial charge in [-0.3, -0.25) is 4.79 Å². The molecule has 0 aliphatic carbocycles. The third-order valence-corrected chi connectivity index (χ3v) is 4.93. The van der Waals surface area contributed by atoms with E-state index >= 15 is 0 Å². The number of nitrogens with two attached hydrogens (primary N) is 1. The second kappa shape index (κ2) is 6.54. The van der Waals surface area contributed by atoms with Gasteiger partial charge in [0.05, 0.1) is 36.1 Å². The second-order valence-electron chi connectivity index (χ2n) is 6.62. The van der Waals surface area contributed by atoms with Gasteiger partial charge in [-0.1, -0.05) is 25.1 Å².